The molecule has 1 heterocycles. The number of amides is 1. The number of carboxylic acids is 1. The van der Waals surface area contributed by atoms with Gasteiger partial charge in [-0.2, -0.15) is 13.2 Å². The van der Waals surface area contributed by atoms with E-state index in [9.17, 15) is 22.8 Å². The molecule has 0 saturated heterocycles. The Hall–Kier alpha value is -1.77. The summed E-state index contributed by atoms with van der Waals surface area (Å²) in [6.45, 7) is 0. The number of alkyl halides is 3. The van der Waals surface area contributed by atoms with E-state index in [1.165, 1.54) is 18.3 Å². The number of carboxylic acid groups (broad SMARTS) is 1. The van der Waals surface area contributed by atoms with E-state index >= 15 is 0 Å². The summed E-state index contributed by atoms with van der Waals surface area (Å²) in [6.07, 6.45) is 1.74. The number of nitrogens with one attached hydrogen (secondary N) is 1. The first-order chi connectivity index (χ1) is 9.76. The molecule has 9 heteroatoms. The molecule has 0 aromatic carbocycles. The van der Waals surface area contributed by atoms with Crippen molar-refractivity contribution in [1.82, 2.24) is 10.3 Å². The topological polar surface area (TPSA) is 79.3 Å². The van der Waals surface area contributed by atoms with Gasteiger partial charge in [0.2, 0.25) is 0 Å². The fourth-order valence-electron chi connectivity index (χ4n) is 1.96. The Bertz CT molecular complexity index is 559. The highest BCUT2D eigenvalue weighted by molar-refractivity contribution is 8.00. The van der Waals surface area contributed by atoms with Gasteiger partial charge in [-0.05, 0) is 25.0 Å². The molecule has 0 aliphatic heterocycles. The van der Waals surface area contributed by atoms with E-state index in [-0.39, 0.29) is 24.4 Å². The van der Waals surface area contributed by atoms with Crippen molar-refractivity contribution >= 4 is 23.6 Å². The van der Waals surface area contributed by atoms with Crippen molar-refractivity contribution < 1.29 is 27.9 Å². The number of hydrogen-bond acceptors (Lipinski definition) is 4. The Balaban J connectivity index is 2.02. The lowest BCUT2D eigenvalue weighted by Crippen LogP contribution is -2.46. The molecule has 0 bridgehead atoms. The van der Waals surface area contributed by atoms with Crippen molar-refractivity contribution in [2.45, 2.75) is 29.4 Å². The molecule has 0 unspecified atom stereocenters. The van der Waals surface area contributed by atoms with Gasteiger partial charge in [-0.3, -0.25) is 9.59 Å². The van der Waals surface area contributed by atoms with Crippen molar-refractivity contribution in [2.24, 2.45) is 5.92 Å². The van der Waals surface area contributed by atoms with Crippen LogP contribution in [0.25, 0.3) is 0 Å². The number of thioether (sulfide) groups is 1. The Kier molecular flexibility index (Phi) is 4.40. The van der Waals surface area contributed by atoms with Gasteiger partial charge in [0.05, 0.1) is 11.5 Å². The number of aliphatic carboxylic acids is 1. The number of hydrogen-bond donors (Lipinski definition) is 2. The third kappa shape index (κ3) is 4.10. The lowest BCUT2D eigenvalue weighted by molar-refractivity contribution is -0.145. The van der Waals surface area contributed by atoms with Gasteiger partial charge >= 0.3 is 11.5 Å². The Labute approximate surface area is 121 Å². The quantitative estimate of drug-likeness (QED) is 0.832. The van der Waals surface area contributed by atoms with E-state index in [2.05, 4.69) is 10.3 Å². The highest BCUT2D eigenvalue weighted by Crippen LogP contribution is 2.37. The van der Waals surface area contributed by atoms with Crippen molar-refractivity contribution in [2.75, 3.05) is 0 Å². The summed E-state index contributed by atoms with van der Waals surface area (Å²) < 4.78 is 37.2. The maximum absolute atomic E-state index is 12.4. The molecule has 0 atom stereocenters. The van der Waals surface area contributed by atoms with Crippen LogP contribution in [0.3, 0.4) is 0 Å². The minimum absolute atomic E-state index is 0.168. The van der Waals surface area contributed by atoms with Gasteiger partial charge in [0, 0.05) is 24.0 Å². The summed E-state index contributed by atoms with van der Waals surface area (Å²) in [4.78, 5) is 26.2. The minimum Gasteiger partial charge on any atom is -0.481 e. The van der Waals surface area contributed by atoms with Gasteiger partial charge in [0.1, 0.15) is 5.03 Å². The van der Waals surface area contributed by atoms with Crippen LogP contribution in [0.15, 0.2) is 23.4 Å². The highest BCUT2D eigenvalue weighted by Gasteiger charge is 2.36. The minimum atomic E-state index is -4.53. The van der Waals surface area contributed by atoms with Crippen molar-refractivity contribution in [3.05, 3.63) is 23.9 Å². The van der Waals surface area contributed by atoms with Crippen molar-refractivity contribution in [3.8, 4) is 0 Å². The van der Waals surface area contributed by atoms with Gasteiger partial charge in [0.25, 0.3) is 5.91 Å². The first kappa shape index (κ1) is 15.6. The van der Waals surface area contributed by atoms with E-state index < -0.39 is 40.1 Å². The number of aromatic nitrogens is 1. The SMILES string of the molecule is O=C(NC1CC(C(=O)O)C1)c1cccnc1SC(F)(F)F. The highest BCUT2D eigenvalue weighted by atomic mass is 32.2. The van der Waals surface area contributed by atoms with E-state index in [4.69, 9.17) is 5.11 Å². The largest absolute Gasteiger partial charge is 0.481 e. The lowest BCUT2D eigenvalue weighted by atomic mass is 9.80. The monoisotopic (exact) mass is 320 g/mol. The molecule has 1 aliphatic rings. The van der Waals surface area contributed by atoms with Gasteiger partial charge < -0.3 is 10.4 Å². The zero-order valence-electron chi connectivity index (χ0n) is 10.6. The van der Waals surface area contributed by atoms with Crippen LogP contribution < -0.4 is 5.32 Å². The summed E-state index contributed by atoms with van der Waals surface area (Å²) in [5, 5.41) is 10.8. The van der Waals surface area contributed by atoms with Gasteiger partial charge in [-0.25, -0.2) is 4.98 Å². The first-order valence-electron chi connectivity index (χ1n) is 6.00. The second kappa shape index (κ2) is 5.92. The molecule has 21 heavy (non-hydrogen) atoms. The normalized spacial score (nSPS) is 21.5. The van der Waals surface area contributed by atoms with Crippen LogP contribution in [-0.4, -0.2) is 33.5 Å². The molecular weight excluding hydrogens is 309 g/mol. The number of nitrogens with zero attached hydrogens (tertiary/aromatic N) is 1. The molecule has 1 saturated carbocycles. The molecule has 0 radical (unpaired) electrons. The Morgan fingerprint density at radius 1 is 1.38 bits per heavy atom. The zero-order chi connectivity index (χ0) is 15.6. The summed E-state index contributed by atoms with van der Waals surface area (Å²) in [6, 6.07) is 2.29. The van der Waals surface area contributed by atoms with Crippen LogP contribution in [-0.2, 0) is 4.79 Å². The molecular formula is C12H11F3N2O3S. The van der Waals surface area contributed by atoms with E-state index in [1.54, 1.807) is 0 Å². The predicted molar refractivity (Wildman–Crippen MR) is 67.8 cm³/mol. The first-order valence-corrected chi connectivity index (χ1v) is 6.82. The van der Waals surface area contributed by atoms with Gasteiger partial charge in [-0.1, -0.05) is 0 Å². The Morgan fingerprint density at radius 2 is 2.05 bits per heavy atom. The second-order valence-electron chi connectivity index (χ2n) is 4.58. The number of carbonyl (C=O) groups is 2. The van der Waals surface area contributed by atoms with Crippen LogP contribution in [0.5, 0.6) is 0 Å². The third-order valence-corrected chi connectivity index (χ3v) is 3.80. The molecule has 1 aliphatic carbocycles. The van der Waals surface area contributed by atoms with Crippen LogP contribution >= 0.6 is 11.8 Å². The van der Waals surface area contributed by atoms with Crippen LogP contribution in [0, 0.1) is 5.92 Å². The van der Waals surface area contributed by atoms with Crippen molar-refractivity contribution in [1.29, 1.82) is 0 Å². The second-order valence-corrected chi connectivity index (χ2v) is 5.63. The molecule has 1 aromatic rings. The molecule has 0 spiro atoms. The molecule has 5 nitrogen and oxygen atoms in total. The molecule has 2 N–H and O–H groups in total. The van der Waals surface area contributed by atoms with Gasteiger partial charge in [0.15, 0.2) is 0 Å². The summed E-state index contributed by atoms with van der Waals surface area (Å²) in [5.41, 5.74) is -4.70. The number of pyridine rings is 1. The summed E-state index contributed by atoms with van der Waals surface area (Å²) in [7, 11) is 0. The number of rotatable bonds is 4. The maximum Gasteiger partial charge on any atom is 0.447 e. The van der Waals surface area contributed by atoms with Crippen LogP contribution in [0.4, 0.5) is 13.2 Å². The number of halogens is 3. The lowest BCUT2D eigenvalue weighted by Gasteiger charge is -2.32. The average molecular weight is 320 g/mol. The molecule has 2 rings (SSSR count). The van der Waals surface area contributed by atoms with Gasteiger partial charge in [-0.15, -0.1) is 0 Å². The fraction of sp³-hybridized carbons (Fsp3) is 0.417. The van der Waals surface area contributed by atoms with E-state index in [0.717, 1.165) is 0 Å². The molecule has 114 valence electrons. The Morgan fingerprint density at radius 3 is 2.62 bits per heavy atom. The zero-order valence-corrected chi connectivity index (χ0v) is 11.4. The summed E-state index contributed by atoms with van der Waals surface area (Å²) in [5.74, 6) is -2.12. The smallest absolute Gasteiger partial charge is 0.447 e. The average Bonchev–Trinajstić information content (AvgIpc) is 2.31. The van der Waals surface area contributed by atoms with Crippen molar-refractivity contribution in [3.63, 3.8) is 0 Å². The third-order valence-electron chi connectivity index (χ3n) is 3.05. The van der Waals surface area contributed by atoms with E-state index in [0.29, 0.717) is 0 Å². The molecule has 1 amide bonds. The van der Waals surface area contributed by atoms with Crippen LogP contribution in [0.1, 0.15) is 23.2 Å². The van der Waals surface area contributed by atoms with Crippen LogP contribution in [0.2, 0.25) is 0 Å². The van der Waals surface area contributed by atoms with E-state index in [1.807, 2.05) is 0 Å². The fourth-order valence-corrected chi connectivity index (χ4v) is 2.56. The predicted octanol–water partition coefficient (Wildman–Crippen LogP) is 2.29. The standard InChI is InChI=1S/C12H11F3N2O3S/c13-12(14,15)21-10-8(2-1-3-16-10)9(18)17-7-4-6(5-7)11(19)20/h1-3,6-7H,4-5H2,(H,17,18)(H,19,20). The number of carbonyl (C=O) groups excluding carboxylic acids is 1. The summed E-state index contributed by atoms with van der Waals surface area (Å²) >= 11 is -0.452. The molecule has 1 fully saturated rings. The maximum atomic E-state index is 12.4. The molecule has 1 aromatic heterocycles.